The Morgan fingerprint density at radius 1 is 1.56 bits per heavy atom. The molecule has 1 saturated carbocycles. The largest absolute Gasteiger partial charge is 0.389 e. The van der Waals surface area contributed by atoms with Crippen molar-refractivity contribution in [3.05, 3.63) is 11.9 Å². The second kappa shape index (κ2) is 3.80. The lowest BCUT2D eigenvalue weighted by Gasteiger charge is -2.14. The highest BCUT2D eigenvalue weighted by molar-refractivity contribution is 5.09. The highest BCUT2D eigenvalue weighted by Gasteiger charge is 2.34. The van der Waals surface area contributed by atoms with Gasteiger partial charge in [-0.2, -0.15) is 0 Å². The van der Waals surface area contributed by atoms with Crippen LogP contribution >= 0.6 is 0 Å². The summed E-state index contributed by atoms with van der Waals surface area (Å²) >= 11 is 0. The van der Waals surface area contributed by atoms with Crippen LogP contribution in [-0.4, -0.2) is 45.0 Å². The summed E-state index contributed by atoms with van der Waals surface area (Å²) in [7, 11) is 0. The number of nitrogens with zero attached hydrogens (tertiary/aromatic N) is 3. The molecule has 0 spiro atoms. The Bertz CT molecular complexity index is 377. The van der Waals surface area contributed by atoms with E-state index in [4.69, 9.17) is 10.5 Å². The number of nitrogens with two attached hydrogens (primary N) is 1. The van der Waals surface area contributed by atoms with Crippen LogP contribution in [0.5, 0.6) is 0 Å². The first-order valence-corrected chi connectivity index (χ1v) is 5.69. The molecule has 16 heavy (non-hydrogen) atoms. The van der Waals surface area contributed by atoms with Crippen molar-refractivity contribution in [3.63, 3.8) is 0 Å². The van der Waals surface area contributed by atoms with Gasteiger partial charge < -0.3 is 15.6 Å². The zero-order valence-electron chi connectivity index (χ0n) is 8.99. The topological polar surface area (TPSA) is 86.2 Å². The van der Waals surface area contributed by atoms with E-state index in [0.29, 0.717) is 19.1 Å². The predicted molar refractivity (Wildman–Crippen MR) is 55.7 cm³/mol. The summed E-state index contributed by atoms with van der Waals surface area (Å²) in [5, 5.41) is 17.6. The van der Waals surface area contributed by atoms with Crippen molar-refractivity contribution in [2.75, 3.05) is 6.61 Å². The average molecular weight is 224 g/mol. The maximum absolute atomic E-state index is 9.45. The van der Waals surface area contributed by atoms with E-state index >= 15 is 0 Å². The fourth-order valence-corrected chi connectivity index (χ4v) is 2.02. The number of aromatic nitrogens is 3. The van der Waals surface area contributed by atoms with Gasteiger partial charge in [0.15, 0.2) is 0 Å². The molecular weight excluding hydrogens is 208 g/mol. The number of hydrogen-bond donors (Lipinski definition) is 2. The summed E-state index contributed by atoms with van der Waals surface area (Å²) in [6, 6.07) is -0.325. The van der Waals surface area contributed by atoms with E-state index in [0.717, 1.165) is 5.69 Å². The highest BCUT2D eigenvalue weighted by Crippen LogP contribution is 2.38. The number of aliphatic hydroxyl groups excluding tert-OH is 1. The predicted octanol–water partition coefficient (Wildman–Crippen LogP) is -0.758. The lowest BCUT2D eigenvalue weighted by Crippen LogP contribution is -2.40. The molecule has 2 aliphatic rings. The molecule has 6 heteroatoms. The first kappa shape index (κ1) is 10.2. The highest BCUT2D eigenvalue weighted by atomic mass is 16.5. The molecule has 0 bridgehead atoms. The molecule has 0 radical (unpaired) electrons. The van der Waals surface area contributed by atoms with E-state index < -0.39 is 6.10 Å². The quantitative estimate of drug-likeness (QED) is 0.705. The number of hydrogen-bond acceptors (Lipinski definition) is 5. The molecule has 0 unspecified atom stereocenters. The summed E-state index contributed by atoms with van der Waals surface area (Å²) in [5.41, 5.74) is 6.87. The molecule has 1 aliphatic carbocycles. The SMILES string of the molecule is N[C@@H]1[C@@H](O)CO[C@@H]1Cn1cc(C2CC2)nn1. The van der Waals surface area contributed by atoms with Crippen molar-refractivity contribution in [1.82, 2.24) is 15.0 Å². The first-order valence-electron chi connectivity index (χ1n) is 5.69. The Hall–Kier alpha value is -0.980. The van der Waals surface area contributed by atoms with Gasteiger partial charge in [-0.1, -0.05) is 5.21 Å². The molecular formula is C10H16N4O2. The zero-order valence-corrected chi connectivity index (χ0v) is 8.99. The standard InChI is InChI=1S/C10H16N4O2/c11-10-8(15)5-16-9(10)4-14-3-7(12-13-14)6-1-2-6/h3,6,8-10,15H,1-2,4-5,11H2/t8-,9+,10+/m0/s1. The van der Waals surface area contributed by atoms with Crippen LogP contribution in [0.1, 0.15) is 24.5 Å². The van der Waals surface area contributed by atoms with Gasteiger partial charge in [0, 0.05) is 12.1 Å². The second-order valence-electron chi connectivity index (χ2n) is 4.66. The van der Waals surface area contributed by atoms with Crippen LogP contribution in [0.15, 0.2) is 6.20 Å². The minimum absolute atomic E-state index is 0.163. The summed E-state index contributed by atoms with van der Waals surface area (Å²) in [6.07, 6.45) is 3.67. The Kier molecular flexibility index (Phi) is 2.42. The van der Waals surface area contributed by atoms with Gasteiger partial charge >= 0.3 is 0 Å². The molecule has 1 aromatic heterocycles. The van der Waals surface area contributed by atoms with Crippen molar-refractivity contribution < 1.29 is 9.84 Å². The molecule has 3 N–H and O–H groups in total. The fourth-order valence-electron chi connectivity index (χ4n) is 2.02. The van der Waals surface area contributed by atoms with Gasteiger partial charge in [0.25, 0.3) is 0 Å². The van der Waals surface area contributed by atoms with E-state index in [1.54, 1.807) is 4.68 Å². The van der Waals surface area contributed by atoms with E-state index in [1.165, 1.54) is 12.8 Å². The van der Waals surface area contributed by atoms with E-state index in [-0.39, 0.29) is 12.1 Å². The summed E-state index contributed by atoms with van der Waals surface area (Å²) in [6.45, 7) is 0.883. The van der Waals surface area contributed by atoms with E-state index in [1.807, 2.05) is 6.20 Å². The normalized spacial score (nSPS) is 34.5. The first-order chi connectivity index (χ1) is 7.74. The molecule has 0 aromatic carbocycles. The molecule has 2 fully saturated rings. The minimum Gasteiger partial charge on any atom is -0.389 e. The van der Waals surface area contributed by atoms with Gasteiger partial charge in [0.2, 0.25) is 0 Å². The van der Waals surface area contributed by atoms with Gasteiger partial charge in [-0.25, -0.2) is 4.68 Å². The lowest BCUT2D eigenvalue weighted by molar-refractivity contribution is 0.0759. The van der Waals surface area contributed by atoms with Crippen molar-refractivity contribution in [1.29, 1.82) is 0 Å². The minimum atomic E-state index is -0.559. The Morgan fingerprint density at radius 3 is 3.00 bits per heavy atom. The van der Waals surface area contributed by atoms with Crippen LogP contribution in [0.3, 0.4) is 0 Å². The van der Waals surface area contributed by atoms with Crippen molar-refractivity contribution in [2.45, 2.75) is 43.6 Å². The number of rotatable bonds is 3. The Balaban J connectivity index is 1.64. The Labute approximate surface area is 93.4 Å². The van der Waals surface area contributed by atoms with Gasteiger partial charge in [-0.05, 0) is 12.8 Å². The van der Waals surface area contributed by atoms with Crippen LogP contribution in [0, 0.1) is 0 Å². The maximum Gasteiger partial charge on any atom is 0.0950 e. The summed E-state index contributed by atoms with van der Waals surface area (Å²) in [4.78, 5) is 0. The summed E-state index contributed by atoms with van der Waals surface area (Å²) in [5.74, 6) is 0.609. The molecule has 3 atom stereocenters. The van der Waals surface area contributed by atoms with E-state index in [9.17, 15) is 5.11 Å². The monoisotopic (exact) mass is 224 g/mol. The smallest absolute Gasteiger partial charge is 0.0950 e. The van der Waals surface area contributed by atoms with Gasteiger partial charge in [-0.15, -0.1) is 5.10 Å². The van der Waals surface area contributed by atoms with Crippen molar-refractivity contribution in [2.24, 2.45) is 5.73 Å². The zero-order chi connectivity index (χ0) is 11.1. The average Bonchev–Trinajstić information content (AvgIpc) is 2.96. The summed E-state index contributed by atoms with van der Waals surface area (Å²) < 4.78 is 7.16. The molecule has 1 aliphatic heterocycles. The van der Waals surface area contributed by atoms with Crippen molar-refractivity contribution >= 4 is 0 Å². The third-order valence-corrected chi connectivity index (χ3v) is 3.27. The van der Waals surface area contributed by atoms with Crippen LogP contribution in [-0.2, 0) is 11.3 Å². The van der Waals surface area contributed by atoms with Crippen LogP contribution in [0.4, 0.5) is 0 Å². The van der Waals surface area contributed by atoms with Crippen molar-refractivity contribution in [3.8, 4) is 0 Å². The van der Waals surface area contributed by atoms with E-state index in [2.05, 4.69) is 10.3 Å². The van der Waals surface area contributed by atoms with Gasteiger partial charge in [-0.3, -0.25) is 0 Å². The third-order valence-electron chi connectivity index (χ3n) is 3.27. The van der Waals surface area contributed by atoms with Crippen LogP contribution in [0.2, 0.25) is 0 Å². The molecule has 1 aromatic rings. The lowest BCUT2D eigenvalue weighted by atomic mass is 10.1. The van der Waals surface area contributed by atoms with Crippen LogP contribution in [0.25, 0.3) is 0 Å². The molecule has 1 saturated heterocycles. The molecule has 3 rings (SSSR count). The second-order valence-corrected chi connectivity index (χ2v) is 4.66. The number of ether oxygens (including phenoxy) is 1. The maximum atomic E-state index is 9.45. The Morgan fingerprint density at radius 2 is 2.38 bits per heavy atom. The van der Waals surface area contributed by atoms with Crippen LogP contribution < -0.4 is 5.73 Å². The van der Waals surface area contributed by atoms with Gasteiger partial charge in [0.1, 0.15) is 0 Å². The molecule has 88 valence electrons. The fraction of sp³-hybridized carbons (Fsp3) is 0.800. The molecule has 0 amide bonds. The molecule has 2 heterocycles. The molecule has 6 nitrogen and oxygen atoms in total. The third kappa shape index (κ3) is 1.83. The number of aliphatic hydroxyl groups is 1. The van der Waals surface area contributed by atoms with Gasteiger partial charge in [0.05, 0.1) is 37.1 Å².